The maximum atomic E-state index is 11.5. The predicted octanol–water partition coefficient (Wildman–Crippen LogP) is 1.94. The molecule has 1 aromatic carbocycles. The second kappa shape index (κ2) is 6.17. The summed E-state index contributed by atoms with van der Waals surface area (Å²) in [6.07, 6.45) is 0.803. The first-order valence-electron chi connectivity index (χ1n) is 4.52. The fourth-order valence-electron chi connectivity index (χ4n) is 1.11. The van der Waals surface area contributed by atoms with Crippen molar-refractivity contribution < 1.29 is 4.21 Å². The average molecular weight is 232 g/mol. The van der Waals surface area contributed by atoms with Crippen LogP contribution >= 0.6 is 11.6 Å². The van der Waals surface area contributed by atoms with Crippen LogP contribution in [0, 0.1) is 0 Å². The van der Waals surface area contributed by atoms with E-state index in [0.717, 1.165) is 12.0 Å². The second-order valence-electron chi connectivity index (χ2n) is 3.02. The van der Waals surface area contributed by atoms with E-state index in [9.17, 15) is 4.21 Å². The van der Waals surface area contributed by atoms with E-state index in [2.05, 4.69) is 0 Å². The van der Waals surface area contributed by atoms with Crippen molar-refractivity contribution in [2.24, 2.45) is 5.73 Å². The summed E-state index contributed by atoms with van der Waals surface area (Å²) in [5.41, 5.74) is 6.29. The van der Waals surface area contributed by atoms with Crippen LogP contribution in [0.1, 0.15) is 12.0 Å². The highest BCUT2D eigenvalue weighted by molar-refractivity contribution is 7.84. The quantitative estimate of drug-likeness (QED) is 0.842. The molecule has 0 aliphatic heterocycles. The standard InChI is InChI=1S/C10H14ClNOS/c11-10-5-2-1-4-9(10)8-14(13)7-3-6-12/h1-2,4-5H,3,6-8,12H2. The van der Waals surface area contributed by atoms with Crippen molar-refractivity contribution in [3.05, 3.63) is 34.9 Å². The van der Waals surface area contributed by atoms with Gasteiger partial charge in [0.05, 0.1) is 0 Å². The van der Waals surface area contributed by atoms with Gasteiger partial charge in [-0.2, -0.15) is 0 Å². The third-order valence-electron chi connectivity index (χ3n) is 1.85. The molecule has 0 saturated heterocycles. The molecule has 0 heterocycles. The van der Waals surface area contributed by atoms with Crippen molar-refractivity contribution in [3.8, 4) is 0 Å². The predicted molar refractivity (Wildman–Crippen MR) is 61.8 cm³/mol. The number of hydrogen-bond acceptors (Lipinski definition) is 2. The summed E-state index contributed by atoms with van der Waals surface area (Å²) < 4.78 is 11.5. The molecule has 1 atom stereocenters. The monoisotopic (exact) mass is 231 g/mol. The van der Waals surface area contributed by atoms with Crippen molar-refractivity contribution >= 4 is 22.4 Å². The van der Waals surface area contributed by atoms with Crippen molar-refractivity contribution in [3.63, 3.8) is 0 Å². The van der Waals surface area contributed by atoms with Gasteiger partial charge in [0.1, 0.15) is 0 Å². The van der Waals surface area contributed by atoms with Gasteiger partial charge in [-0.3, -0.25) is 4.21 Å². The van der Waals surface area contributed by atoms with E-state index >= 15 is 0 Å². The molecule has 14 heavy (non-hydrogen) atoms. The maximum Gasteiger partial charge on any atom is 0.0500 e. The summed E-state index contributed by atoms with van der Waals surface area (Å²) >= 11 is 5.94. The molecule has 0 aromatic heterocycles. The minimum absolute atomic E-state index is 0.527. The van der Waals surface area contributed by atoms with Crippen LogP contribution in [-0.2, 0) is 16.6 Å². The van der Waals surface area contributed by atoms with Crippen LogP contribution in [0.5, 0.6) is 0 Å². The smallest absolute Gasteiger partial charge is 0.0500 e. The fraction of sp³-hybridized carbons (Fsp3) is 0.400. The van der Waals surface area contributed by atoms with E-state index in [4.69, 9.17) is 17.3 Å². The van der Waals surface area contributed by atoms with Gasteiger partial charge in [-0.25, -0.2) is 0 Å². The van der Waals surface area contributed by atoms with Gasteiger partial charge in [0.15, 0.2) is 0 Å². The van der Waals surface area contributed by atoms with Gasteiger partial charge in [-0.05, 0) is 24.6 Å². The molecule has 78 valence electrons. The molecule has 1 unspecified atom stereocenters. The van der Waals surface area contributed by atoms with Gasteiger partial charge < -0.3 is 5.73 Å². The van der Waals surface area contributed by atoms with E-state index in [1.54, 1.807) is 0 Å². The van der Waals surface area contributed by atoms with Gasteiger partial charge >= 0.3 is 0 Å². The molecule has 0 radical (unpaired) electrons. The molecule has 0 amide bonds. The Balaban J connectivity index is 2.52. The Hall–Kier alpha value is -0.380. The van der Waals surface area contributed by atoms with E-state index < -0.39 is 10.8 Å². The Morgan fingerprint density at radius 1 is 1.36 bits per heavy atom. The van der Waals surface area contributed by atoms with Crippen LogP contribution < -0.4 is 5.73 Å². The molecular weight excluding hydrogens is 218 g/mol. The van der Waals surface area contributed by atoms with Crippen LogP contribution in [0.2, 0.25) is 5.02 Å². The lowest BCUT2D eigenvalue weighted by atomic mass is 10.2. The first-order chi connectivity index (χ1) is 6.74. The summed E-state index contributed by atoms with van der Waals surface area (Å²) in [5, 5.41) is 0.689. The highest BCUT2D eigenvalue weighted by atomic mass is 35.5. The lowest BCUT2D eigenvalue weighted by molar-refractivity contribution is 0.680. The molecule has 1 rings (SSSR count). The number of benzene rings is 1. The van der Waals surface area contributed by atoms with Crippen LogP contribution in [-0.4, -0.2) is 16.5 Å². The number of rotatable bonds is 5. The van der Waals surface area contributed by atoms with E-state index in [0.29, 0.717) is 23.1 Å². The molecule has 0 bridgehead atoms. The molecule has 1 aromatic rings. The summed E-state index contributed by atoms with van der Waals surface area (Å²) in [6, 6.07) is 7.50. The van der Waals surface area contributed by atoms with Crippen molar-refractivity contribution in [1.82, 2.24) is 0 Å². The molecule has 0 saturated carbocycles. The van der Waals surface area contributed by atoms with Gasteiger partial charge in [-0.15, -0.1) is 0 Å². The summed E-state index contributed by atoms with van der Waals surface area (Å²) in [4.78, 5) is 0. The van der Waals surface area contributed by atoms with E-state index in [-0.39, 0.29) is 0 Å². The van der Waals surface area contributed by atoms with Crippen LogP contribution in [0.3, 0.4) is 0 Å². The van der Waals surface area contributed by atoms with E-state index in [1.165, 1.54) is 0 Å². The highest BCUT2D eigenvalue weighted by Crippen LogP contribution is 2.16. The number of halogens is 1. The van der Waals surface area contributed by atoms with Crippen molar-refractivity contribution in [2.75, 3.05) is 12.3 Å². The summed E-state index contributed by atoms with van der Waals surface area (Å²) in [7, 11) is -0.846. The molecular formula is C10H14ClNOS. The SMILES string of the molecule is NCCCS(=O)Cc1ccccc1Cl. The molecule has 0 aliphatic rings. The summed E-state index contributed by atoms with van der Waals surface area (Å²) in [6.45, 7) is 0.592. The first-order valence-corrected chi connectivity index (χ1v) is 6.39. The minimum atomic E-state index is -0.846. The van der Waals surface area contributed by atoms with Crippen LogP contribution in [0.15, 0.2) is 24.3 Å². The lowest BCUT2D eigenvalue weighted by Crippen LogP contribution is -2.07. The first kappa shape index (κ1) is 11.7. The number of hydrogen-bond donors (Lipinski definition) is 1. The minimum Gasteiger partial charge on any atom is -0.330 e. The van der Waals surface area contributed by atoms with Crippen molar-refractivity contribution in [2.45, 2.75) is 12.2 Å². The zero-order valence-electron chi connectivity index (χ0n) is 7.91. The molecule has 0 spiro atoms. The van der Waals surface area contributed by atoms with Gasteiger partial charge in [0, 0.05) is 27.3 Å². The van der Waals surface area contributed by atoms with Gasteiger partial charge in [-0.1, -0.05) is 29.8 Å². The highest BCUT2D eigenvalue weighted by Gasteiger charge is 2.04. The Labute approximate surface area is 91.9 Å². The third-order valence-corrected chi connectivity index (χ3v) is 3.60. The van der Waals surface area contributed by atoms with E-state index in [1.807, 2.05) is 24.3 Å². The second-order valence-corrected chi connectivity index (χ2v) is 5.01. The zero-order valence-corrected chi connectivity index (χ0v) is 9.48. The maximum absolute atomic E-state index is 11.5. The van der Waals surface area contributed by atoms with Gasteiger partial charge in [0.25, 0.3) is 0 Å². The molecule has 4 heteroatoms. The summed E-state index contributed by atoms with van der Waals surface area (Å²) in [5.74, 6) is 1.18. The molecule has 0 fully saturated rings. The lowest BCUT2D eigenvalue weighted by Gasteiger charge is -2.03. The van der Waals surface area contributed by atoms with Crippen LogP contribution in [0.25, 0.3) is 0 Å². The number of nitrogens with two attached hydrogens (primary N) is 1. The molecule has 2 nitrogen and oxygen atoms in total. The van der Waals surface area contributed by atoms with Gasteiger partial charge in [0.2, 0.25) is 0 Å². The Morgan fingerprint density at radius 2 is 2.07 bits per heavy atom. The molecule has 2 N–H and O–H groups in total. The fourth-order valence-corrected chi connectivity index (χ4v) is 2.62. The van der Waals surface area contributed by atoms with Crippen molar-refractivity contribution in [1.29, 1.82) is 0 Å². The molecule has 0 aliphatic carbocycles. The average Bonchev–Trinajstić information content (AvgIpc) is 2.18. The third kappa shape index (κ3) is 3.78. The Bertz CT molecular complexity index is 317. The zero-order chi connectivity index (χ0) is 10.4. The van der Waals surface area contributed by atoms with Crippen LogP contribution in [0.4, 0.5) is 0 Å². The Morgan fingerprint density at radius 3 is 2.71 bits per heavy atom. The normalized spacial score (nSPS) is 12.7. The largest absolute Gasteiger partial charge is 0.330 e. The Kier molecular flexibility index (Phi) is 5.15. The topological polar surface area (TPSA) is 43.1 Å².